The molecule has 1 aliphatic rings. The molecule has 0 unspecified atom stereocenters. The highest BCUT2D eigenvalue weighted by Gasteiger charge is 2.29. The van der Waals surface area contributed by atoms with E-state index < -0.39 is 5.60 Å². The van der Waals surface area contributed by atoms with Crippen LogP contribution >= 0.6 is 45.2 Å². The molecule has 0 heterocycles. The fourth-order valence-corrected chi connectivity index (χ4v) is 4.49. The number of rotatable bonds is 3. The maximum atomic E-state index is 12.3. The number of aliphatic hydroxyl groups is 1. The van der Waals surface area contributed by atoms with Gasteiger partial charge in [-0.05, 0) is 70.2 Å². The quantitative estimate of drug-likeness (QED) is 0.427. The summed E-state index contributed by atoms with van der Waals surface area (Å²) in [7, 11) is 0. The van der Waals surface area contributed by atoms with E-state index in [1.165, 1.54) is 0 Å². The van der Waals surface area contributed by atoms with Crippen LogP contribution in [0.5, 0.6) is 5.75 Å². The zero-order valence-electron chi connectivity index (χ0n) is 11.7. The van der Waals surface area contributed by atoms with Crippen molar-refractivity contribution in [2.45, 2.75) is 44.1 Å². The van der Waals surface area contributed by atoms with Crippen LogP contribution in [0.25, 0.3) is 0 Å². The molecule has 1 fully saturated rings. The van der Waals surface area contributed by atoms with Crippen molar-refractivity contribution in [1.29, 1.82) is 0 Å². The monoisotopic (exact) mass is 515 g/mol. The molecule has 21 heavy (non-hydrogen) atoms. The molecule has 6 heteroatoms. The molecule has 1 saturated carbocycles. The third kappa shape index (κ3) is 4.69. The Morgan fingerprint density at radius 3 is 2.43 bits per heavy atom. The van der Waals surface area contributed by atoms with Crippen molar-refractivity contribution in [3.05, 3.63) is 24.8 Å². The van der Waals surface area contributed by atoms with Crippen molar-refractivity contribution in [2.75, 3.05) is 6.54 Å². The number of aromatic hydroxyl groups is 1. The molecule has 0 saturated heterocycles. The zero-order chi connectivity index (χ0) is 15.5. The first kappa shape index (κ1) is 17.3. The zero-order valence-corrected chi connectivity index (χ0v) is 16.0. The predicted octanol–water partition coefficient (Wildman–Crippen LogP) is 3.42. The van der Waals surface area contributed by atoms with Crippen molar-refractivity contribution in [3.63, 3.8) is 0 Å². The van der Waals surface area contributed by atoms with Crippen LogP contribution in [0.2, 0.25) is 0 Å². The van der Waals surface area contributed by atoms with Gasteiger partial charge in [-0.2, -0.15) is 0 Å². The average Bonchev–Trinajstić information content (AvgIpc) is 2.65. The molecule has 1 aromatic carbocycles. The molecule has 0 spiro atoms. The summed E-state index contributed by atoms with van der Waals surface area (Å²) >= 11 is 4.12. The van der Waals surface area contributed by atoms with Crippen LogP contribution < -0.4 is 5.32 Å². The Labute approximate surface area is 152 Å². The molecule has 0 radical (unpaired) electrons. The standard InChI is InChI=1S/C15H19I2NO3/c16-10-7-11(13(19)12(17)8-10)14(20)18-9-15(21)5-3-1-2-4-6-15/h7-8,19,21H,1-6,9H2,(H,18,20). The first-order valence-electron chi connectivity index (χ1n) is 7.10. The number of benzene rings is 1. The number of halogens is 2. The number of phenolic OH excluding ortho intramolecular Hbond substituents is 1. The van der Waals surface area contributed by atoms with Gasteiger partial charge in [0.15, 0.2) is 0 Å². The van der Waals surface area contributed by atoms with E-state index in [-0.39, 0.29) is 23.8 Å². The molecule has 0 bridgehead atoms. The van der Waals surface area contributed by atoms with Crippen LogP contribution in [0.4, 0.5) is 0 Å². The largest absolute Gasteiger partial charge is 0.506 e. The molecule has 4 nitrogen and oxygen atoms in total. The van der Waals surface area contributed by atoms with Crippen LogP contribution in [-0.2, 0) is 0 Å². The minimum Gasteiger partial charge on any atom is -0.506 e. The first-order chi connectivity index (χ1) is 9.91. The molecule has 3 N–H and O–H groups in total. The van der Waals surface area contributed by atoms with Gasteiger partial charge in [0.2, 0.25) is 0 Å². The highest BCUT2D eigenvalue weighted by molar-refractivity contribution is 14.1. The SMILES string of the molecule is O=C(NCC1(O)CCCCCC1)c1cc(I)cc(I)c1O. The third-order valence-corrected chi connectivity index (χ3v) is 5.33. The summed E-state index contributed by atoms with van der Waals surface area (Å²) in [6, 6.07) is 3.47. The van der Waals surface area contributed by atoms with E-state index in [2.05, 4.69) is 27.9 Å². The number of hydrogen-bond donors (Lipinski definition) is 3. The third-order valence-electron chi connectivity index (χ3n) is 3.89. The van der Waals surface area contributed by atoms with Crippen LogP contribution in [0.1, 0.15) is 48.9 Å². The molecule has 116 valence electrons. The van der Waals surface area contributed by atoms with E-state index in [1.807, 2.05) is 28.7 Å². The summed E-state index contributed by atoms with van der Waals surface area (Å²) in [5.41, 5.74) is -0.542. The summed E-state index contributed by atoms with van der Waals surface area (Å²) in [6.45, 7) is 0.243. The number of amides is 1. The second-order valence-corrected chi connectivity index (χ2v) is 8.01. The summed E-state index contributed by atoms with van der Waals surface area (Å²) in [6.07, 6.45) is 5.74. The second-order valence-electron chi connectivity index (χ2n) is 5.61. The Morgan fingerprint density at radius 2 is 1.81 bits per heavy atom. The van der Waals surface area contributed by atoms with Crippen LogP contribution in [0, 0.1) is 7.14 Å². The molecule has 1 aliphatic carbocycles. The first-order valence-corrected chi connectivity index (χ1v) is 9.26. The van der Waals surface area contributed by atoms with Gasteiger partial charge >= 0.3 is 0 Å². The lowest BCUT2D eigenvalue weighted by Gasteiger charge is -2.26. The Morgan fingerprint density at radius 1 is 1.19 bits per heavy atom. The van der Waals surface area contributed by atoms with Gasteiger partial charge in [-0.1, -0.05) is 25.7 Å². The van der Waals surface area contributed by atoms with E-state index >= 15 is 0 Å². The lowest BCUT2D eigenvalue weighted by atomic mass is 9.94. The van der Waals surface area contributed by atoms with Crippen LogP contribution in [0.15, 0.2) is 12.1 Å². The molecule has 2 rings (SSSR count). The van der Waals surface area contributed by atoms with E-state index in [9.17, 15) is 15.0 Å². The van der Waals surface area contributed by atoms with E-state index in [4.69, 9.17) is 0 Å². The summed E-state index contributed by atoms with van der Waals surface area (Å²) < 4.78 is 1.55. The van der Waals surface area contributed by atoms with Crippen molar-refractivity contribution in [2.24, 2.45) is 0 Å². The minimum atomic E-state index is -0.809. The van der Waals surface area contributed by atoms with Gasteiger partial charge in [0.25, 0.3) is 5.91 Å². The van der Waals surface area contributed by atoms with Gasteiger partial charge in [0, 0.05) is 10.1 Å². The van der Waals surface area contributed by atoms with Crippen LogP contribution in [-0.4, -0.2) is 28.3 Å². The predicted molar refractivity (Wildman–Crippen MR) is 98.5 cm³/mol. The normalized spacial score (nSPS) is 18.0. The van der Waals surface area contributed by atoms with Crippen molar-refractivity contribution < 1.29 is 15.0 Å². The maximum absolute atomic E-state index is 12.3. The Kier molecular flexibility index (Phi) is 6.13. The molecular formula is C15H19I2NO3. The summed E-state index contributed by atoms with van der Waals surface area (Å²) in [4.78, 5) is 12.3. The number of nitrogens with one attached hydrogen (secondary N) is 1. The number of hydrogen-bond acceptors (Lipinski definition) is 3. The number of carbonyl (C=O) groups is 1. The molecule has 1 aromatic rings. The van der Waals surface area contributed by atoms with Crippen molar-refractivity contribution >= 4 is 51.1 Å². The highest BCUT2D eigenvalue weighted by atomic mass is 127. The maximum Gasteiger partial charge on any atom is 0.255 e. The lowest BCUT2D eigenvalue weighted by Crippen LogP contribution is -2.42. The average molecular weight is 515 g/mol. The van der Waals surface area contributed by atoms with Crippen molar-refractivity contribution in [3.8, 4) is 5.75 Å². The topological polar surface area (TPSA) is 69.6 Å². The molecule has 0 aliphatic heterocycles. The van der Waals surface area contributed by atoms with Gasteiger partial charge in [0.1, 0.15) is 5.75 Å². The van der Waals surface area contributed by atoms with Gasteiger partial charge < -0.3 is 15.5 Å². The van der Waals surface area contributed by atoms with Gasteiger partial charge in [-0.25, -0.2) is 0 Å². The minimum absolute atomic E-state index is 0.00127. The van der Waals surface area contributed by atoms with E-state index in [1.54, 1.807) is 6.07 Å². The van der Waals surface area contributed by atoms with Crippen molar-refractivity contribution in [1.82, 2.24) is 5.32 Å². The molecule has 1 amide bonds. The Bertz CT molecular complexity index is 526. The molecule has 0 aromatic heterocycles. The van der Waals surface area contributed by atoms with E-state index in [0.717, 1.165) is 42.1 Å². The Balaban J connectivity index is 2.05. The van der Waals surface area contributed by atoms with E-state index in [0.29, 0.717) is 3.57 Å². The lowest BCUT2D eigenvalue weighted by molar-refractivity contribution is 0.0246. The fraction of sp³-hybridized carbons (Fsp3) is 0.533. The fourth-order valence-electron chi connectivity index (χ4n) is 2.64. The van der Waals surface area contributed by atoms with Gasteiger partial charge in [-0.15, -0.1) is 0 Å². The smallest absolute Gasteiger partial charge is 0.255 e. The number of carbonyl (C=O) groups excluding carboxylic acids is 1. The highest BCUT2D eigenvalue weighted by Crippen LogP contribution is 2.28. The second kappa shape index (κ2) is 7.45. The molecular weight excluding hydrogens is 496 g/mol. The molecule has 0 atom stereocenters. The van der Waals surface area contributed by atoms with Crippen LogP contribution in [0.3, 0.4) is 0 Å². The summed E-state index contributed by atoms with van der Waals surface area (Å²) in [5.74, 6) is -0.331. The Hall–Kier alpha value is -0.0900. The summed E-state index contributed by atoms with van der Waals surface area (Å²) in [5, 5.41) is 23.3. The van der Waals surface area contributed by atoms with Gasteiger partial charge in [0.05, 0.1) is 14.7 Å². The van der Waals surface area contributed by atoms with Gasteiger partial charge in [-0.3, -0.25) is 4.79 Å². The number of phenols is 1.